The number of aryl methyl sites for hydroxylation is 1. The highest BCUT2D eigenvalue weighted by Gasteiger charge is 2.38. The number of carbonyl (C=O) groups excluding carboxylic acids is 1. The Morgan fingerprint density at radius 2 is 1.88 bits per heavy atom. The summed E-state index contributed by atoms with van der Waals surface area (Å²) >= 11 is 0. The van der Waals surface area contributed by atoms with Gasteiger partial charge in [0.15, 0.2) is 8.32 Å². The van der Waals surface area contributed by atoms with Crippen LogP contribution in [0.1, 0.15) is 78.7 Å². The van der Waals surface area contributed by atoms with Crippen LogP contribution in [0.3, 0.4) is 0 Å². The van der Waals surface area contributed by atoms with Crippen molar-refractivity contribution in [3.8, 4) is 23.8 Å². The van der Waals surface area contributed by atoms with Crippen molar-refractivity contribution in [1.82, 2.24) is 4.98 Å². The molecule has 1 aromatic heterocycles. The van der Waals surface area contributed by atoms with Crippen LogP contribution in [-0.2, 0) is 28.6 Å². The molecule has 0 saturated carbocycles. The Bertz CT molecular complexity index is 1450. The molecule has 1 aliphatic heterocycles. The van der Waals surface area contributed by atoms with Gasteiger partial charge in [-0.05, 0) is 66.2 Å². The van der Waals surface area contributed by atoms with Crippen LogP contribution in [0.2, 0.25) is 18.1 Å². The third kappa shape index (κ3) is 7.70. The molecule has 1 unspecified atom stereocenters. The molecule has 3 aromatic rings. The molecule has 0 radical (unpaired) electrons. The zero-order valence-corrected chi connectivity index (χ0v) is 27.8. The van der Waals surface area contributed by atoms with Crippen LogP contribution in [-0.4, -0.2) is 39.1 Å². The number of ether oxygens (including phenoxy) is 3. The molecule has 0 saturated heterocycles. The van der Waals surface area contributed by atoms with E-state index >= 15 is 0 Å². The minimum Gasteiger partial charge on any atom is -0.497 e. The van der Waals surface area contributed by atoms with Crippen LogP contribution in [0.5, 0.6) is 11.5 Å². The lowest BCUT2D eigenvalue weighted by atomic mass is 9.88. The lowest BCUT2D eigenvalue weighted by Crippen LogP contribution is -2.41. The van der Waals surface area contributed by atoms with E-state index in [-0.39, 0.29) is 28.9 Å². The van der Waals surface area contributed by atoms with E-state index in [1.54, 1.807) is 13.4 Å². The van der Waals surface area contributed by atoms with Crippen molar-refractivity contribution in [3.63, 3.8) is 0 Å². The Kier molecular flexibility index (Phi) is 10.1. The average molecular weight is 604 g/mol. The van der Waals surface area contributed by atoms with Crippen molar-refractivity contribution in [3.05, 3.63) is 76.5 Å². The van der Waals surface area contributed by atoms with Crippen LogP contribution >= 0.6 is 0 Å². The molecule has 2 heterocycles. The number of hydrogen-bond donors (Lipinski definition) is 0. The van der Waals surface area contributed by atoms with Crippen LogP contribution in [0.25, 0.3) is 0 Å². The zero-order valence-electron chi connectivity index (χ0n) is 26.8. The van der Waals surface area contributed by atoms with Gasteiger partial charge in [-0.2, -0.15) is 0 Å². The molecular weight excluding hydrogens is 558 g/mol. The Morgan fingerprint density at radius 3 is 2.53 bits per heavy atom. The van der Waals surface area contributed by atoms with Crippen molar-refractivity contribution < 1.29 is 27.8 Å². The molecule has 0 fully saturated rings. The summed E-state index contributed by atoms with van der Waals surface area (Å²) in [6.07, 6.45) is 8.78. The smallest absolute Gasteiger partial charge is 0.342 e. The summed E-state index contributed by atoms with van der Waals surface area (Å²) in [5.41, 5.74) is 4.13. The van der Waals surface area contributed by atoms with Gasteiger partial charge in [0.25, 0.3) is 0 Å². The Labute approximate surface area is 257 Å². The molecule has 0 spiro atoms. The number of terminal acetylenes is 1. The van der Waals surface area contributed by atoms with Gasteiger partial charge in [-0.25, -0.2) is 9.78 Å². The predicted octanol–water partition coefficient (Wildman–Crippen LogP) is 7.66. The fourth-order valence-corrected chi connectivity index (χ4v) is 5.96. The molecule has 230 valence electrons. The Hall–Kier alpha value is -3.54. The van der Waals surface area contributed by atoms with Gasteiger partial charge in [0, 0.05) is 19.4 Å². The number of methoxy groups -OCH3 is 1. The van der Waals surface area contributed by atoms with E-state index in [9.17, 15) is 4.79 Å². The van der Waals surface area contributed by atoms with Gasteiger partial charge < -0.3 is 23.1 Å². The largest absolute Gasteiger partial charge is 0.497 e. The zero-order chi connectivity index (χ0) is 31.4. The summed E-state index contributed by atoms with van der Waals surface area (Å²) in [6, 6.07) is 11.7. The first kappa shape index (κ1) is 32.4. The quantitative estimate of drug-likeness (QED) is 0.119. The van der Waals surface area contributed by atoms with E-state index in [0.29, 0.717) is 49.7 Å². The fourth-order valence-electron chi connectivity index (χ4n) is 4.91. The molecule has 0 amide bonds. The number of carbonyl (C=O) groups is 1. The second-order valence-corrected chi connectivity index (χ2v) is 17.9. The molecule has 3 atom stereocenters. The number of benzene rings is 2. The van der Waals surface area contributed by atoms with Gasteiger partial charge in [-0.15, -0.1) is 12.3 Å². The minimum absolute atomic E-state index is 0.0228. The topological polar surface area (TPSA) is 80.0 Å². The van der Waals surface area contributed by atoms with Crippen LogP contribution in [0, 0.1) is 25.2 Å². The number of rotatable bonds is 12. The third-order valence-corrected chi connectivity index (χ3v) is 13.3. The first-order chi connectivity index (χ1) is 20.3. The highest BCUT2D eigenvalue weighted by Crippen LogP contribution is 2.38. The van der Waals surface area contributed by atoms with Gasteiger partial charge in [0.1, 0.15) is 36.0 Å². The van der Waals surface area contributed by atoms with Gasteiger partial charge in [-0.3, -0.25) is 0 Å². The van der Waals surface area contributed by atoms with Gasteiger partial charge in [0.2, 0.25) is 5.89 Å². The predicted molar refractivity (Wildman–Crippen MR) is 170 cm³/mol. The van der Waals surface area contributed by atoms with E-state index in [4.69, 9.17) is 34.5 Å². The van der Waals surface area contributed by atoms with Crippen molar-refractivity contribution in [1.29, 1.82) is 0 Å². The molecular formula is C35H45NO6Si. The fraction of sp³-hybridized carbons (Fsp3) is 0.486. The first-order valence-electron chi connectivity index (χ1n) is 14.9. The monoisotopic (exact) mass is 603 g/mol. The maximum Gasteiger partial charge on any atom is 0.342 e. The van der Waals surface area contributed by atoms with Crippen molar-refractivity contribution in [2.24, 2.45) is 5.92 Å². The van der Waals surface area contributed by atoms with E-state index in [1.807, 2.05) is 43.3 Å². The van der Waals surface area contributed by atoms with Crippen molar-refractivity contribution >= 4 is 14.3 Å². The maximum atomic E-state index is 13.3. The standard InChI is InChI=1S/C35H45NO6Si/c1-10-11-27(21-41-43(8,9)35(4,5)6)33-36-28(22-40-33)18-24(3)30-19-26-15-12-23(2)32(31(26)34(37)42-30)39-20-25-13-16-29(38-7)17-14-25/h1,12-17,22,24,27,30H,11,18-21H2,2-9H3/t24-,27?,30+/m0/s1. The molecule has 8 heteroatoms. The molecule has 0 N–H and O–H groups in total. The summed E-state index contributed by atoms with van der Waals surface area (Å²) < 4.78 is 29.7. The van der Waals surface area contributed by atoms with E-state index in [0.717, 1.165) is 28.1 Å². The van der Waals surface area contributed by atoms with E-state index < -0.39 is 8.32 Å². The SMILES string of the molecule is C#CCC(CO[Si](C)(C)C(C)(C)C)c1nc(C[C@H](C)[C@H]2Cc3ccc(C)c(OCc4ccc(OC)cc4)c3C(=O)O2)co1. The summed E-state index contributed by atoms with van der Waals surface area (Å²) in [5.74, 6) is 4.26. The molecule has 0 bridgehead atoms. The number of oxazole rings is 1. The van der Waals surface area contributed by atoms with Crippen molar-refractivity contribution in [2.75, 3.05) is 13.7 Å². The lowest BCUT2D eigenvalue weighted by Gasteiger charge is -2.36. The van der Waals surface area contributed by atoms with Gasteiger partial charge >= 0.3 is 5.97 Å². The van der Waals surface area contributed by atoms with Crippen LogP contribution in [0.4, 0.5) is 0 Å². The summed E-state index contributed by atoms with van der Waals surface area (Å²) in [5, 5.41) is 0.100. The number of cyclic esters (lactones) is 1. The number of aromatic nitrogens is 1. The second-order valence-electron chi connectivity index (χ2n) is 13.1. The molecule has 1 aliphatic rings. The maximum absolute atomic E-state index is 13.3. The summed E-state index contributed by atoms with van der Waals surface area (Å²) in [7, 11) is -0.305. The highest BCUT2D eigenvalue weighted by atomic mass is 28.4. The number of esters is 1. The number of hydrogen-bond acceptors (Lipinski definition) is 7. The molecule has 2 aromatic carbocycles. The summed E-state index contributed by atoms with van der Waals surface area (Å²) in [4.78, 5) is 18.1. The van der Waals surface area contributed by atoms with Crippen molar-refractivity contribution in [2.45, 2.75) is 90.6 Å². The van der Waals surface area contributed by atoms with Gasteiger partial charge in [-0.1, -0.05) is 52.0 Å². The molecule has 43 heavy (non-hydrogen) atoms. The lowest BCUT2D eigenvalue weighted by molar-refractivity contribution is 0.0105. The van der Waals surface area contributed by atoms with E-state index in [2.05, 4.69) is 46.7 Å². The third-order valence-electron chi connectivity index (χ3n) is 8.77. The Morgan fingerprint density at radius 1 is 1.16 bits per heavy atom. The normalized spacial score (nSPS) is 16.5. The number of nitrogens with zero attached hydrogens (tertiary/aromatic N) is 1. The minimum atomic E-state index is -1.94. The molecule has 0 aliphatic carbocycles. The van der Waals surface area contributed by atoms with Crippen LogP contribution in [0.15, 0.2) is 47.1 Å². The first-order valence-corrected chi connectivity index (χ1v) is 17.8. The van der Waals surface area contributed by atoms with Crippen LogP contribution < -0.4 is 9.47 Å². The average Bonchev–Trinajstić information content (AvgIpc) is 3.42. The highest BCUT2D eigenvalue weighted by molar-refractivity contribution is 6.74. The second kappa shape index (κ2) is 13.4. The molecule has 7 nitrogen and oxygen atoms in total. The number of fused-ring (bicyclic) bond motifs is 1. The molecule has 4 rings (SSSR count). The Balaban J connectivity index is 1.42. The van der Waals surface area contributed by atoms with E-state index in [1.165, 1.54) is 0 Å². The van der Waals surface area contributed by atoms with Gasteiger partial charge in [0.05, 0.1) is 18.7 Å². The summed E-state index contributed by atoms with van der Waals surface area (Å²) in [6.45, 7) is 15.9.